The summed E-state index contributed by atoms with van der Waals surface area (Å²) < 4.78 is 5.11. The maximum atomic E-state index is 6.12. The van der Waals surface area contributed by atoms with E-state index in [1.807, 2.05) is 6.07 Å². The molecule has 5 heteroatoms. The Morgan fingerprint density at radius 3 is 2.35 bits per heavy atom. The van der Waals surface area contributed by atoms with Gasteiger partial charge in [-0.2, -0.15) is 0 Å². The minimum atomic E-state index is 0.427. The summed E-state index contributed by atoms with van der Waals surface area (Å²) in [7, 11) is 1.58. The van der Waals surface area contributed by atoms with Gasteiger partial charge in [0.1, 0.15) is 5.75 Å². The van der Waals surface area contributed by atoms with Gasteiger partial charge in [-0.15, -0.1) is 0 Å². The van der Waals surface area contributed by atoms with Crippen LogP contribution in [0.1, 0.15) is 0 Å². The zero-order chi connectivity index (χ0) is 12.4. The normalized spacial score (nSPS) is 10.4. The molecule has 0 aliphatic heterocycles. The second-order valence-corrected chi connectivity index (χ2v) is 4.58. The van der Waals surface area contributed by atoms with Crippen LogP contribution in [-0.2, 0) is 0 Å². The zero-order valence-electron chi connectivity index (χ0n) is 8.88. The number of methoxy groups -OCH3 is 1. The number of hydrogen-bond acceptors (Lipinski definition) is 2. The van der Waals surface area contributed by atoms with Crippen molar-refractivity contribution in [3.05, 3.63) is 45.7 Å². The lowest BCUT2D eigenvalue weighted by Gasteiger charge is -2.07. The van der Waals surface area contributed by atoms with Crippen LogP contribution in [0.4, 0.5) is 0 Å². The molecule has 0 saturated heterocycles. The molecule has 0 atom stereocenters. The Kier molecular flexibility index (Phi) is 3.77. The van der Waals surface area contributed by atoms with E-state index in [9.17, 15) is 0 Å². The van der Waals surface area contributed by atoms with Gasteiger partial charge in [-0.1, -0.05) is 34.8 Å². The van der Waals surface area contributed by atoms with Crippen molar-refractivity contribution in [2.75, 3.05) is 7.11 Å². The number of halogens is 3. The third-order valence-electron chi connectivity index (χ3n) is 2.27. The SMILES string of the molecule is COc1cncc(-c2cc(Cl)c(Cl)cc2Cl)c1. The first-order chi connectivity index (χ1) is 8.11. The Bertz CT molecular complexity index is 557. The summed E-state index contributed by atoms with van der Waals surface area (Å²) in [4.78, 5) is 4.07. The molecule has 0 N–H and O–H groups in total. The standard InChI is InChI=1S/C12H8Cl3NO/c1-17-8-2-7(5-16-6-8)9-3-11(14)12(15)4-10(9)13/h2-6H,1H3. The highest BCUT2D eigenvalue weighted by Gasteiger charge is 2.09. The highest BCUT2D eigenvalue weighted by atomic mass is 35.5. The minimum Gasteiger partial charge on any atom is -0.495 e. The summed E-state index contributed by atoms with van der Waals surface area (Å²) in [6.07, 6.45) is 3.31. The molecule has 1 aromatic carbocycles. The summed E-state index contributed by atoms with van der Waals surface area (Å²) in [6, 6.07) is 5.15. The predicted octanol–water partition coefficient (Wildman–Crippen LogP) is 4.72. The molecule has 0 aliphatic rings. The van der Waals surface area contributed by atoms with Crippen molar-refractivity contribution in [2.45, 2.75) is 0 Å². The largest absolute Gasteiger partial charge is 0.495 e. The fraction of sp³-hybridized carbons (Fsp3) is 0.0833. The molecule has 1 heterocycles. The Hall–Kier alpha value is -0.960. The minimum absolute atomic E-state index is 0.427. The molecular weight excluding hydrogens is 280 g/mol. The van der Waals surface area contributed by atoms with Crippen molar-refractivity contribution in [2.24, 2.45) is 0 Å². The van der Waals surface area contributed by atoms with Crippen LogP contribution in [0.5, 0.6) is 5.75 Å². The highest BCUT2D eigenvalue weighted by Crippen LogP contribution is 2.35. The van der Waals surface area contributed by atoms with Crippen LogP contribution < -0.4 is 4.74 Å². The number of aromatic nitrogens is 1. The van der Waals surface area contributed by atoms with Crippen LogP contribution in [0, 0.1) is 0 Å². The van der Waals surface area contributed by atoms with Crippen LogP contribution in [-0.4, -0.2) is 12.1 Å². The van der Waals surface area contributed by atoms with Crippen LogP contribution >= 0.6 is 34.8 Å². The molecule has 0 radical (unpaired) electrons. The summed E-state index contributed by atoms with van der Waals surface area (Å²) in [6.45, 7) is 0. The van der Waals surface area contributed by atoms with E-state index in [0.717, 1.165) is 11.1 Å². The van der Waals surface area contributed by atoms with E-state index in [-0.39, 0.29) is 0 Å². The molecule has 0 aliphatic carbocycles. The van der Waals surface area contributed by atoms with E-state index in [1.165, 1.54) is 0 Å². The molecule has 0 bridgehead atoms. The third kappa shape index (κ3) is 2.65. The molecule has 0 spiro atoms. The van der Waals surface area contributed by atoms with Crippen molar-refractivity contribution in [1.29, 1.82) is 0 Å². The van der Waals surface area contributed by atoms with E-state index < -0.39 is 0 Å². The van der Waals surface area contributed by atoms with Gasteiger partial charge in [-0.25, -0.2) is 0 Å². The Labute approximate surface area is 114 Å². The molecule has 2 aromatic rings. The molecule has 88 valence electrons. The second kappa shape index (κ2) is 5.13. The van der Waals surface area contributed by atoms with Crippen molar-refractivity contribution in [3.8, 4) is 16.9 Å². The average Bonchev–Trinajstić information content (AvgIpc) is 2.34. The van der Waals surface area contributed by atoms with Crippen molar-refractivity contribution in [3.63, 3.8) is 0 Å². The topological polar surface area (TPSA) is 22.1 Å². The molecule has 0 saturated carbocycles. The number of nitrogens with zero attached hydrogens (tertiary/aromatic N) is 1. The van der Waals surface area contributed by atoms with Gasteiger partial charge in [0.2, 0.25) is 0 Å². The molecule has 2 nitrogen and oxygen atoms in total. The quantitative estimate of drug-likeness (QED) is 0.746. The van der Waals surface area contributed by atoms with Gasteiger partial charge in [0, 0.05) is 17.3 Å². The average molecular weight is 289 g/mol. The second-order valence-electron chi connectivity index (χ2n) is 3.36. The van der Waals surface area contributed by atoms with Gasteiger partial charge in [-0.05, 0) is 18.2 Å². The molecule has 0 fully saturated rings. The van der Waals surface area contributed by atoms with Gasteiger partial charge in [0.15, 0.2) is 0 Å². The van der Waals surface area contributed by atoms with Gasteiger partial charge in [0.05, 0.1) is 28.4 Å². The molecule has 0 amide bonds. The van der Waals surface area contributed by atoms with Crippen molar-refractivity contribution >= 4 is 34.8 Å². The van der Waals surface area contributed by atoms with Crippen LogP contribution in [0.25, 0.3) is 11.1 Å². The fourth-order valence-corrected chi connectivity index (χ4v) is 2.08. The maximum absolute atomic E-state index is 6.12. The Balaban J connectivity index is 2.56. The van der Waals surface area contributed by atoms with Crippen LogP contribution in [0.3, 0.4) is 0 Å². The van der Waals surface area contributed by atoms with Crippen molar-refractivity contribution in [1.82, 2.24) is 4.98 Å². The van der Waals surface area contributed by atoms with Crippen LogP contribution in [0.15, 0.2) is 30.6 Å². The lowest BCUT2D eigenvalue weighted by atomic mass is 10.1. The number of benzene rings is 1. The summed E-state index contributed by atoms with van der Waals surface area (Å²) >= 11 is 18.0. The van der Waals surface area contributed by atoms with Crippen molar-refractivity contribution < 1.29 is 4.74 Å². The molecule has 1 aromatic heterocycles. The first kappa shape index (κ1) is 12.5. The van der Waals surface area contributed by atoms with E-state index in [2.05, 4.69) is 4.98 Å². The summed E-state index contributed by atoms with van der Waals surface area (Å²) in [5.74, 6) is 0.657. The maximum Gasteiger partial charge on any atom is 0.137 e. The Morgan fingerprint density at radius 2 is 1.65 bits per heavy atom. The van der Waals surface area contributed by atoms with E-state index in [4.69, 9.17) is 39.5 Å². The monoisotopic (exact) mass is 287 g/mol. The van der Waals surface area contributed by atoms with E-state index >= 15 is 0 Å². The molecule has 0 unspecified atom stereocenters. The van der Waals surface area contributed by atoms with Gasteiger partial charge in [-0.3, -0.25) is 4.98 Å². The lowest BCUT2D eigenvalue weighted by Crippen LogP contribution is -1.87. The number of pyridine rings is 1. The van der Waals surface area contributed by atoms with E-state index in [0.29, 0.717) is 20.8 Å². The van der Waals surface area contributed by atoms with Crippen LogP contribution in [0.2, 0.25) is 15.1 Å². The third-order valence-corrected chi connectivity index (χ3v) is 3.30. The highest BCUT2D eigenvalue weighted by molar-refractivity contribution is 6.44. The molecular formula is C12H8Cl3NO. The first-order valence-electron chi connectivity index (χ1n) is 4.76. The summed E-state index contributed by atoms with van der Waals surface area (Å²) in [5.41, 5.74) is 1.60. The lowest BCUT2D eigenvalue weighted by molar-refractivity contribution is 0.413. The molecule has 17 heavy (non-hydrogen) atoms. The first-order valence-corrected chi connectivity index (χ1v) is 5.89. The van der Waals surface area contributed by atoms with Gasteiger partial charge < -0.3 is 4.74 Å². The van der Waals surface area contributed by atoms with E-state index in [1.54, 1.807) is 31.6 Å². The number of ether oxygens (including phenoxy) is 1. The Morgan fingerprint density at radius 1 is 0.941 bits per heavy atom. The smallest absolute Gasteiger partial charge is 0.137 e. The van der Waals surface area contributed by atoms with Gasteiger partial charge >= 0.3 is 0 Å². The predicted molar refractivity (Wildman–Crippen MR) is 71.3 cm³/mol. The summed E-state index contributed by atoms with van der Waals surface area (Å²) in [5, 5.41) is 1.40. The number of rotatable bonds is 2. The number of hydrogen-bond donors (Lipinski definition) is 0. The molecule has 2 rings (SSSR count). The van der Waals surface area contributed by atoms with Gasteiger partial charge in [0.25, 0.3) is 0 Å². The fourth-order valence-electron chi connectivity index (χ4n) is 1.42. The zero-order valence-corrected chi connectivity index (χ0v) is 11.1.